The van der Waals surface area contributed by atoms with Gasteiger partial charge in [-0.3, -0.25) is 0 Å². The Morgan fingerprint density at radius 2 is 1.47 bits per heavy atom. The summed E-state index contributed by atoms with van der Waals surface area (Å²) >= 11 is 0. The number of ether oxygens (including phenoxy) is 1. The van der Waals surface area contributed by atoms with E-state index in [0.29, 0.717) is 0 Å². The Bertz CT molecular complexity index is 373. The Balaban J connectivity index is 3.02. The van der Waals surface area contributed by atoms with Gasteiger partial charge in [-0.1, -0.05) is 6.58 Å². The van der Waals surface area contributed by atoms with E-state index in [2.05, 4.69) is 11.3 Å². The molecule has 0 aromatic carbocycles. The molecule has 2 nitrogen and oxygen atoms in total. The standard InChI is InChI=1S/C8H5F7O2/c1-3(2)4(16)17-8(14,15)5(9)6(10,11)7(5,12)13/h1H2,2H3. The van der Waals surface area contributed by atoms with Gasteiger partial charge in [0.05, 0.1) is 0 Å². The number of halogens is 7. The Morgan fingerprint density at radius 1 is 1.12 bits per heavy atom. The summed E-state index contributed by atoms with van der Waals surface area (Å²) in [4.78, 5) is 10.6. The number of carbonyl (C=O) groups is 1. The number of hydrogen-bond acceptors (Lipinski definition) is 2. The molecule has 0 radical (unpaired) electrons. The van der Waals surface area contributed by atoms with E-state index in [9.17, 15) is 35.5 Å². The van der Waals surface area contributed by atoms with E-state index in [4.69, 9.17) is 0 Å². The minimum Gasteiger partial charge on any atom is -0.395 e. The molecule has 1 fully saturated rings. The number of hydrogen-bond donors (Lipinski definition) is 0. The predicted molar refractivity (Wildman–Crippen MR) is 39.6 cm³/mol. The number of alkyl halides is 7. The van der Waals surface area contributed by atoms with Crippen LogP contribution in [0.4, 0.5) is 30.7 Å². The van der Waals surface area contributed by atoms with Crippen LogP contribution in [0.3, 0.4) is 0 Å². The molecule has 1 rings (SSSR count). The SMILES string of the molecule is C=C(C)C(=O)OC(F)(F)C1(F)C(F)(F)C1(F)F. The molecule has 0 N–H and O–H groups in total. The highest BCUT2D eigenvalue weighted by atomic mass is 19.4. The van der Waals surface area contributed by atoms with Gasteiger partial charge in [0.15, 0.2) is 0 Å². The van der Waals surface area contributed by atoms with Crippen LogP contribution in [0, 0.1) is 0 Å². The Hall–Kier alpha value is -1.28. The molecule has 0 atom stereocenters. The number of rotatable bonds is 3. The summed E-state index contributed by atoms with van der Waals surface area (Å²) in [5.74, 6) is -13.1. The lowest BCUT2D eigenvalue weighted by molar-refractivity contribution is -0.287. The third kappa shape index (κ3) is 1.37. The van der Waals surface area contributed by atoms with E-state index in [-0.39, 0.29) is 0 Å². The van der Waals surface area contributed by atoms with Crippen LogP contribution >= 0.6 is 0 Å². The molecule has 0 aliphatic heterocycles. The summed E-state index contributed by atoms with van der Waals surface area (Å²) in [6.07, 6.45) is -5.66. The molecule has 17 heavy (non-hydrogen) atoms. The van der Waals surface area contributed by atoms with Crippen molar-refractivity contribution in [3.8, 4) is 0 Å². The third-order valence-electron chi connectivity index (χ3n) is 2.17. The van der Waals surface area contributed by atoms with Gasteiger partial charge in [-0.25, -0.2) is 9.18 Å². The molecule has 0 spiro atoms. The first-order valence-electron chi connectivity index (χ1n) is 4.04. The zero-order valence-electron chi connectivity index (χ0n) is 8.17. The van der Waals surface area contributed by atoms with E-state index < -0.39 is 35.2 Å². The summed E-state index contributed by atoms with van der Waals surface area (Å²) in [6.45, 7) is 3.66. The third-order valence-corrected chi connectivity index (χ3v) is 2.17. The highest BCUT2D eigenvalue weighted by Crippen LogP contribution is 2.73. The van der Waals surface area contributed by atoms with Crippen molar-refractivity contribution in [1.29, 1.82) is 0 Å². The van der Waals surface area contributed by atoms with Crippen LogP contribution in [0.1, 0.15) is 6.92 Å². The number of esters is 1. The smallest absolute Gasteiger partial charge is 0.395 e. The van der Waals surface area contributed by atoms with Gasteiger partial charge in [0.25, 0.3) is 0 Å². The monoisotopic (exact) mass is 266 g/mol. The molecular formula is C8H5F7O2. The van der Waals surface area contributed by atoms with Gasteiger partial charge < -0.3 is 4.74 Å². The summed E-state index contributed by atoms with van der Waals surface area (Å²) in [5, 5.41) is 0. The maximum Gasteiger partial charge on any atom is 0.448 e. The minimum absolute atomic E-state index is 0.680. The fourth-order valence-corrected chi connectivity index (χ4v) is 1.03. The van der Waals surface area contributed by atoms with E-state index in [1.807, 2.05) is 0 Å². The maximum absolute atomic E-state index is 12.9. The number of carbonyl (C=O) groups excluding carboxylic acids is 1. The molecule has 98 valence electrons. The topological polar surface area (TPSA) is 26.3 Å². The molecular weight excluding hydrogens is 261 g/mol. The summed E-state index contributed by atoms with van der Waals surface area (Å²) in [7, 11) is 0. The molecule has 1 aliphatic rings. The van der Waals surface area contributed by atoms with Crippen molar-refractivity contribution in [3.63, 3.8) is 0 Å². The molecule has 0 bridgehead atoms. The van der Waals surface area contributed by atoms with Crippen LogP contribution < -0.4 is 0 Å². The average molecular weight is 266 g/mol. The fourth-order valence-electron chi connectivity index (χ4n) is 1.03. The van der Waals surface area contributed by atoms with Gasteiger partial charge in [0.1, 0.15) is 0 Å². The lowest BCUT2D eigenvalue weighted by atomic mass is 10.3. The molecule has 0 aromatic rings. The van der Waals surface area contributed by atoms with Gasteiger partial charge in [0.2, 0.25) is 0 Å². The second-order valence-electron chi connectivity index (χ2n) is 3.49. The minimum atomic E-state index is -5.66. The molecule has 9 heteroatoms. The first-order valence-corrected chi connectivity index (χ1v) is 4.04. The Labute approximate surface area is 90.0 Å². The molecule has 0 unspecified atom stereocenters. The van der Waals surface area contributed by atoms with Crippen LogP contribution in [-0.4, -0.2) is 29.6 Å². The van der Waals surface area contributed by atoms with Crippen molar-refractivity contribution in [2.75, 3.05) is 0 Å². The van der Waals surface area contributed by atoms with Gasteiger partial charge in [-0.05, 0) is 6.92 Å². The lowest BCUT2D eigenvalue weighted by Gasteiger charge is -2.19. The summed E-state index contributed by atoms with van der Waals surface area (Å²) in [6, 6.07) is 0. The molecule has 1 saturated carbocycles. The lowest BCUT2D eigenvalue weighted by Crippen LogP contribution is -2.43. The Morgan fingerprint density at radius 3 is 1.71 bits per heavy atom. The van der Waals surface area contributed by atoms with Crippen LogP contribution in [0.25, 0.3) is 0 Å². The average Bonchev–Trinajstić information content (AvgIpc) is 2.44. The van der Waals surface area contributed by atoms with Gasteiger partial charge in [0, 0.05) is 5.57 Å². The largest absolute Gasteiger partial charge is 0.448 e. The van der Waals surface area contributed by atoms with Gasteiger partial charge in [-0.2, -0.15) is 26.3 Å². The first-order chi connectivity index (χ1) is 7.33. The normalized spacial score (nSPS) is 24.0. The predicted octanol–water partition coefficient (Wildman–Crippen LogP) is 2.69. The molecule has 0 aromatic heterocycles. The first kappa shape index (κ1) is 13.8. The fraction of sp³-hybridized carbons (Fsp3) is 0.625. The highest BCUT2D eigenvalue weighted by molar-refractivity contribution is 5.87. The Kier molecular flexibility index (Phi) is 2.54. The highest BCUT2D eigenvalue weighted by Gasteiger charge is 3.08. The van der Waals surface area contributed by atoms with Crippen molar-refractivity contribution in [1.82, 2.24) is 0 Å². The summed E-state index contributed by atoms with van der Waals surface area (Å²) < 4.78 is 90.6. The van der Waals surface area contributed by atoms with E-state index in [1.165, 1.54) is 0 Å². The van der Waals surface area contributed by atoms with E-state index >= 15 is 0 Å². The maximum atomic E-state index is 12.9. The van der Waals surface area contributed by atoms with Crippen molar-refractivity contribution in [2.45, 2.75) is 30.5 Å². The van der Waals surface area contributed by atoms with Crippen LogP contribution in [0.5, 0.6) is 0 Å². The summed E-state index contributed by atoms with van der Waals surface area (Å²) in [5.41, 5.74) is -6.21. The molecule has 0 heterocycles. The van der Waals surface area contributed by atoms with E-state index in [1.54, 1.807) is 0 Å². The molecule has 1 aliphatic carbocycles. The molecule has 0 amide bonds. The second-order valence-corrected chi connectivity index (χ2v) is 3.49. The van der Waals surface area contributed by atoms with Crippen molar-refractivity contribution >= 4 is 5.97 Å². The van der Waals surface area contributed by atoms with Gasteiger partial charge in [-0.15, -0.1) is 0 Å². The van der Waals surface area contributed by atoms with E-state index in [0.717, 1.165) is 6.92 Å². The quantitative estimate of drug-likeness (QED) is 0.446. The second kappa shape index (κ2) is 3.14. The van der Waals surface area contributed by atoms with Crippen molar-refractivity contribution < 1.29 is 40.3 Å². The van der Waals surface area contributed by atoms with Crippen molar-refractivity contribution in [3.05, 3.63) is 12.2 Å². The molecule has 0 saturated heterocycles. The van der Waals surface area contributed by atoms with Crippen LogP contribution in [0.15, 0.2) is 12.2 Å². The van der Waals surface area contributed by atoms with Crippen molar-refractivity contribution in [2.24, 2.45) is 0 Å². The zero-order chi connectivity index (χ0) is 13.9. The van der Waals surface area contributed by atoms with Crippen LogP contribution in [0.2, 0.25) is 0 Å². The van der Waals surface area contributed by atoms with Crippen LogP contribution in [-0.2, 0) is 9.53 Å². The zero-order valence-corrected chi connectivity index (χ0v) is 8.17. The van der Waals surface area contributed by atoms with Gasteiger partial charge >= 0.3 is 29.6 Å².